The van der Waals surface area contributed by atoms with Gasteiger partial charge in [-0.25, -0.2) is 10.1 Å². The van der Waals surface area contributed by atoms with Gasteiger partial charge in [-0.3, -0.25) is 0 Å². The van der Waals surface area contributed by atoms with E-state index in [0.29, 0.717) is 5.70 Å². The highest BCUT2D eigenvalue weighted by atomic mass is 35.5. The Morgan fingerprint density at radius 3 is 2.17 bits per heavy atom. The van der Waals surface area contributed by atoms with Crippen LogP contribution in [0.5, 0.6) is 0 Å². The highest BCUT2D eigenvalue weighted by Crippen LogP contribution is 1.92. The van der Waals surface area contributed by atoms with Gasteiger partial charge in [0.2, 0.25) is 0 Å². The number of halogens is 1. The molecule has 4 nitrogen and oxygen atoms in total. The summed E-state index contributed by atoms with van der Waals surface area (Å²) in [6.07, 6.45) is 3.57. The highest BCUT2D eigenvalue weighted by Gasteiger charge is 1.94. The SMILES string of the molecule is CN(C)C=C(C=[N+](C)C)N=N.[Cl-]. The molecule has 0 unspecified atom stereocenters. The molecule has 70 valence electrons. The van der Waals surface area contributed by atoms with Crippen molar-refractivity contribution in [2.75, 3.05) is 28.2 Å². The zero-order valence-electron chi connectivity index (χ0n) is 7.87. The van der Waals surface area contributed by atoms with E-state index >= 15 is 0 Å². The van der Waals surface area contributed by atoms with Crippen molar-refractivity contribution in [1.29, 1.82) is 5.53 Å². The number of nitrogens with zero attached hydrogens (tertiary/aromatic N) is 3. The van der Waals surface area contributed by atoms with E-state index in [2.05, 4.69) is 5.11 Å². The van der Waals surface area contributed by atoms with Crippen molar-refractivity contribution >= 4 is 6.21 Å². The Bertz CT molecular complexity index is 192. The number of nitrogens with one attached hydrogen (secondary N) is 1. The summed E-state index contributed by atoms with van der Waals surface area (Å²) in [6, 6.07) is 0. The third-order valence-electron chi connectivity index (χ3n) is 0.910. The summed E-state index contributed by atoms with van der Waals surface area (Å²) in [5.41, 5.74) is 7.46. The molecule has 1 N–H and O–H groups in total. The van der Waals surface area contributed by atoms with Crippen LogP contribution in [0, 0.1) is 5.53 Å². The predicted molar refractivity (Wildman–Crippen MR) is 45.1 cm³/mol. The molecule has 12 heavy (non-hydrogen) atoms. The molecule has 0 aromatic carbocycles. The van der Waals surface area contributed by atoms with E-state index in [-0.39, 0.29) is 12.4 Å². The van der Waals surface area contributed by atoms with Crippen molar-refractivity contribution in [3.05, 3.63) is 11.9 Å². The average Bonchev–Trinajstić information content (AvgIpc) is 1.84. The zero-order valence-corrected chi connectivity index (χ0v) is 8.63. The van der Waals surface area contributed by atoms with Crippen LogP contribution < -0.4 is 12.4 Å². The molecule has 0 rings (SSSR count). The quantitative estimate of drug-likeness (QED) is 0.306. The molecule has 0 atom stereocenters. The van der Waals surface area contributed by atoms with Gasteiger partial charge in [-0.1, -0.05) is 0 Å². The fourth-order valence-corrected chi connectivity index (χ4v) is 0.620. The summed E-state index contributed by atoms with van der Waals surface area (Å²) in [7, 11) is 7.59. The first kappa shape index (κ1) is 13.7. The summed E-state index contributed by atoms with van der Waals surface area (Å²) >= 11 is 0. The number of allylic oxidation sites excluding steroid dienone is 1. The summed E-state index contributed by atoms with van der Waals surface area (Å²) in [6.45, 7) is 0. The molecule has 0 saturated carbocycles. The topological polar surface area (TPSA) is 42.5 Å². The first-order valence-corrected chi connectivity index (χ1v) is 3.33. The molecule has 0 aromatic rings. The Morgan fingerprint density at radius 1 is 1.42 bits per heavy atom. The van der Waals surface area contributed by atoms with Gasteiger partial charge in [-0.15, -0.1) is 0 Å². The van der Waals surface area contributed by atoms with E-state index in [0.717, 1.165) is 0 Å². The largest absolute Gasteiger partial charge is 1.00 e. The van der Waals surface area contributed by atoms with E-state index in [1.807, 2.05) is 37.7 Å². The molecule has 0 radical (unpaired) electrons. The molecular formula is C7H15ClN4. The number of hydrogen-bond donors (Lipinski definition) is 1. The first-order valence-electron chi connectivity index (χ1n) is 3.33. The highest BCUT2D eigenvalue weighted by molar-refractivity contribution is 5.73. The monoisotopic (exact) mass is 190 g/mol. The lowest BCUT2D eigenvalue weighted by atomic mass is 10.5. The molecule has 5 heteroatoms. The molecule has 0 amide bonds. The Morgan fingerprint density at radius 2 is 1.92 bits per heavy atom. The van der Waals surface area contributed by atoms with E-state index < -0.39 is 0 Å². The molecule has 0 aliphatic carbocycles. The van der Waals surface area contributed by atoms with Gasteiger partial charge in [0.05, 0.1) is 0 Å². The Labute approximate surface area is 79.5 Å². The molecular weight excluding hydrogens is 176 g/mol. The summed E-state index contributed by atoms with van der Waals surface area (Å²) in [5, 5.41) is 3.34. The molecule has 0 bridgehead atoms. The van der Waals surface area contributed by atoms with E-state index in [9.17, 15) is 0 Å². The minimum atomic E-state index is 0. The van der Waals surface area contributed by atoms with Crippen molar-refractivity contribution < 1.29 is 17.0 Å². The summed E-state index contributed by atoms with van der Waals surface area (Å²) in [4.78, 5) is 1.85. The molecule has 0 aliphatic rings. The molecule has 0 aromatic heterocycles. The maximum Gasteiger partial charge on any atom is 0.192 e. The standard InChI is InChI=1S/C7H15N4.ClH/c1-10(2)5-7(9-8)6-11(3)4;/h5-6,8H,1-4H3;1H/q+1;/p-1. The van der Waals surface area contributed by atoms with Crippen molar-refractivity contribution in [3.63, 3.8) is 0 Å². The van der Waals surface area contributed by atoms with Gasteiger partial charge in [0.15, 0.2) is 11.9 Å². The van der Waals surface area contributed by atoms with Crippen molar-refractivity contribution in [3.8, 4) is 0 Å². The van der Waals surface area contributed by atoms with Crippen LogP contribution in [0.3, 0.4) is 0 Å². The lowest BCUT2D eigenvalue weighted by molar-refractivity contribution is -0.459. The Hall–Kier alpha value is -0.900. The van der Waals surface area contributed by atoms with E-state index in [4.69, 9.17) is 5.53 Å². The average molecular weight is 191 g/mol. The second-order valence-corrected chi connectivity index (χ2v) is 2.72. The molecule has 0 heterocycles. The zero-order chi connectivity index (χ0) is 8.85. The summed E-state index contributed by atoms with van der Waals surface area (Å²) in [5.74, 6) is 0. The van der Waals surface area contributed by atoms with E-state index in [1.54, 1.807) is 12.4 Å². The fourth-order valence-electron chi connectivity index (χ4n) is 0.620. The fraction of sp³-hybridized carbons (Fsp3) is 0.571. The van der Waals surface area contributed by atoms with Crippen molar-refractivity contribution in [1.82, 2.24) is 4.90 Å². The normalized spacial score (nSPS) is 9.83. The second kappa shape index (κ2) is 6.79. The second-order valence-electron chi connectivity index (χ2n) is 2.72. The van der Waals surface area contributed by atoms with Crippen LogP contribution in [0.4, 0.5) is 0 Å². The van der Waals surface area contributed by atoms with Crippen LogP contribution in [-0.4, -0.2) is 43.9 Å². The predicted octanol–water partition coefficient (Wildman–Crippen LogP) is -2.23. The van der Waals surface area contributed by atoms with Crippen LogP contribution in [-0.2, 0) is 0 Å². The van der Waals surface area contributed by atoms with Gasteiger partial charge < -0.3 is 17.3 Å². The first-order chi connectivity index (χ1) is 5.06. The van der Waals surface area contributed by atoms with Gasteiger partial charge in [-0.05, 0) is 0 Å². The third-order valence-corrected chi connectivity index (χ3v) is 0.910. The lowest BCUT2D eigenvalue weighted by Crippen LogP contribution is -3.00. The molecule has 0 aliphatic heterocycles. The molecule has 0 saturated heterocycles. The van der Waals surface area contributed by atoms with Crippen molar-refractivity contribution in [2.24, 2.45) is 5.11 Å². The van der Waals surface area contributed by atoms with Gasteiger partial charge in [-0.2, -0.15) is 5.11 Å². The van der Waals surface area contributed by atoms with Gasteiger partial charge in [0, 0.05) is 20.3 Å². The van der Waals surface area contributed by atoms with Crippen LogP contribution in [0.25, 0.3) is 0 Å². The van der Waals surface area contributed by atoms with Crippen LogP contribution in [0.2, 0.25) is 0 Å². The number of rotatable bonds is 3. The van der Waals surface area contributed by atoms with Gasteiger partial charge in [0.25, 0.3) is 0 Å². The smallest absolute Gasteiger partial charge is 0.192 e. The lowest BCUT2D eigenvalue weighted by Gasteiger charge is -2.02. The van der Waals surface area contributed by atoms with Gasteiger partial charge >= 0.3 is 0 Å². The minimum Gasteiger partial charge on any atom is -1.00 e. The number of hydrogen-bond acceptors (Lipinski definition) is 3. The molecule has 0 fully saturated rings. The Balaban J connectivity index is 0. The van der Waals surface area contributed by atoms with Crippen LogP contribution in [0.15, 0.2) is 17.0 Å². The van der Waals surface area contributed by atoms with Crippen LogP contribution >= 0.6 is 0 Å². The Kier molecular flexibility index (Phi) is 7.73. The van der Waals surface area contributed by atoms with Gasteiger partial charge in [0.1, 0.15) is 14.1 Å². The maximum absolute atomic E-state index is 6.82. The van der Waals surface area contributed by atoms with E-state index in [1.165, 1.54) is 0 Å². The third kappa shape index (κ3) is 7.21. The maximum atomic E-state index is 6.82. The summed E-state index contributed by atoms with van der Waals surface area (Å²) < 4.78 is 1.85. The van der Waals surface area contributed by atoms with Crippen LogP contribution in [0.1, 0.15) is 0 Å². The molecule has 0 spiro atoms. The van der Waals surface area contributed by atoms with Crippen molar-refractivity contribution in [2.45, 2.75) is 0 Å². The minimum absolute atomic E-state index is 0.